The molecular formula is C39H39N3O5. The monoisotopic (exact) mass is 629 g/mol. The molecule has 8 rings (SSSR count). The summed E-state index contributed by atoms with van der Waals surface area (Å²) < 4.78 is 0. The van der Waals surface area contributed by atoms with Crippen molar-refractivity contribution in [1.82, 2.24) is 9.91 Å². The summed E-state index contributed by atoms with van der Waals surface area (Å²) in [6.45, 7) is 1.97. The van der Waals surface area contributed by atoms with Crippen molar-refractivity contribution in [1.29, 1.82) is 0 Å². The number of nitrogens with zero attached hydrogens (tertiary/aromatic N) is 2. The highest BCUT2D eigenvalue weighted by molar-refractivity contribution is 6.13. The fraction of sp³-hybridized carbons (Fsp3) is 0.385. The highest BCUT2D eigenvalue weighted by atomic mass is 16.3. The van der Waals surface area contributed by atoms with Crippen LogP contribution in [-0.4, -0.2) is 44.7 Å². The topological polar surface area (TPSA) is 107 Å². The zero-order valence-corrected chi connectivity index (χ0v) is 26.5. The van der Waals surface area contributed by atoms with Crippen molar-refractivity contribution in [3.05, 3.63) is 107 Å². The Labute approximate surface area is 274 Å². The molecular weight excluding hydrogens is 590 g/mol. The van der Waals surface area contributed by atoms with E-state index in [1.807, 2.05) is 67.6 Å². The number of aryl methyl sites for hydroxylation is 1. The van der Waals surface area contributed by atoms with Crippen LogP contribution >= 0.6 is 0 Å². The lowest BCUT2D eigenvalue weighted by atomic mass is 9.49. The molecule has 2 N–H and O–H groups in total. The van der Waals surface area contributed by atoms with Crippen molar-refractivity contribution in [3.8, 4) is 5.75 Å². The standard InChI is InChI=1S/C39H39N3O5/c1-23-15-17-26(18-16-23)40-42-36(45)32-22-31-29(19-20-30-33(31)37(46)41(35(30)44)27-12-6-3-7-13-27)34(24-9-8-14-28(43)21-24)39(32,38(42)47)25-10-4-2-5-11-25/h2,4-5,8-11,14-19,21,27,30-34,40,43H,3,6-7,12-13,20,22H2,1H3/t30-,31+,32-,33-,34-,39+/m0/s1. The van der Waals surface area contributed by atoms with Gasteiger partial charge in [-0.3, -0.25) is 29.5 Å². The number of hydrogen-bond donors (Lipinski definition) is 2. The summed E-state index contributed by atoms with van der Waals surface area (Å²) in [7, 11) is 0. The number of imide groups is 2. The lowest BCUT2D eigenvalue weighted by molar-refractivity contribution is -0.144. The van der Waals surface area contributed by atoms with Crippen LogP contribution in [-0.2, 0) is 24.6 Å². The van der Waals surface area contributed by atoms with Gasteiger partial charge in [0.25, 0.3) is 11.8 Å². The molecule has 4 amide bonds. The zero-order chi connectivity index (χ0) is 32.4. The molecule has 0 unspecified atom stereocenters. The van der Waals surface area contributed by atoms with E-state index in [2.05, 4.69) is 11.5 Å². The predicted octanol–water partition coefficient (Wildman–Crippen LogP) is 6.02. The summed E-state index contributed by atoms with van der Waals surface area (Å²) in [6.07, 6.45) is 7.54. The van der Waals surface area contributed by atoms with E-state index in [-0.39, 0.29) is 41.8 Å². The van der Waals surface area contributed by atoms with Crippen LogP contribution in [0.5, 0.6) is 5.75 Å². The first-order chi connectivity index (χ1) is 22.8. The van der Waals surface area contributed by atoms with Gasteiger partial charge in [-0.25, -0.2) is 0 Å². The Balaban J connectivity index is 1.30. The Bertz CT molecular complexity index is 1800. The molecule has 0 spiro atoms. The highest BCUT2D eigenvalue weighted by Crippen LogP contribution is 2.64. The van der Waals surface area contributed by atoms with Crippen molar-refractivity contribution in [2.75, 3.05) is 5.43 Å². The molecule has 47 heavy (non-hydrogen) atoms. The molecule has 0 radical (unpaired) electrons. The molecule has 3 aromatic carbocycles. The smallest absolute Gasteiger partial charge is 0.260 e. The molecule has 4 fully saturated rings. The number of benzene rings is 3. The number of rotatable bonds is 5. The molecule has 0 aromatic heterocycles. The van der Waals surface area contributed by atoms with Crippen molar-refractivity contribution in [3.63, 3.8) is 0 Å². The minimum Gasteiger partial charge on any atom is -0.508 e. The number of amides is 4. The number of aromatic hydroxyl groups is 1. The molecule has 6 atom stereocenters. The molecule has 2 saturated carbocycles. The number of hydrazine groups is 1. The molecule has 8 nitrogen and oxygen atoms in total. The number of carbonyl (C=O) groups excluding carboxylic acids is 4. The van der Waals surface area contributed by atoms with Gasteiger partial charge in [-0.15, -0.1) is 0 Å². The fourth-order valence-corrected chi connectivity index (χ4v) is 9.55. The molecule has 2 heterocycles. The summed E-state index contributed by atoms with van der Waals surface area (Å²) >= 11 is 0. The number of phenols is 1. The average Bonchev–Trinajstić information content (AvgIpc) is 3.47. The lowest BCUT2D eigenvalue weighted by Crippen LogP contribution is -2.53. The van der Waals surface area contributed by atoms with Gasteiger partial charge < -0.3 is 5.11 Å². The third-order valence-electron chi connectivity index (χ3n) is 11.6. The van der Waals surface area contributed by atoms with Crippen LogP contribution in [0.2, 0.25) is 0 Å². The highest BCUT2D eigenvalue weighted by Gasteiger charge is 2.70. The van der Waals surface area contributed by atoms with E-state index >= 15 is 4.79 Å². The first-order valence-corrected chi connectivity index (χ1v) is 16.9. The summed E-state index contributed by atoms with van der Waals surface area (Å²) in [4.78, 5) is 59.7. The Hall–Kier alpha value is -4.72. The minimum absolute atomic E-state index is 0.0562. The van der Waals surface area contributed by atoms with E-state index in [1.54, 1.807) is 23.1 Å². The largest absolute Gasteiger partial charge is 0.508 e. The number of nitrogens with one attached hydrogen (secondary N) is 1. The fourth-order valence-electron chi connectivity index (χ4n) is 9.55. The van der Waals surface area contributed by atoms with Gasteiger partial charge in [-0.2, -0.15) is 5.01 Å². The molecule has 8 heteroatoms. The molecule has 2 aliphatic heterocycles. The first kappa shape index (κ1) is 29.7. The Kier molecular flexibility index (Phi) is 7.08. The van der Waals surface area contributed by atoms with Crippen LogP contribution in [0.25, 0.3) is 0 Å². The molecule has 3 aliphatic carbocycles. The van der Waals surface area contributed by atoms with Gasteiger partial charge >= 0.3 is 0 Å². The molecule has 5 aliphatic rings. The van der Waals surface area contributed by atoms with Crippen LogP contribution in [0.3, 0.4) is 0 Å². The second kappa shape index (κ2) is 11.2. The Morgan fingerprint density at radius 3 is 2.28 bits per heavy atom. The molecule has 240 valence electrons. The number of anilines is 1. The van der Waals surface area contributed by atoms with Gasteiger partial charge in [0.05, 0.1) is 28.9 Å². The Morgan fingerprint density at radius 2 is 1.55 bits per heavy atom. The first-order valence-electron chi connectivity index (χ1n) is 16.9. The van der Waals surface area contributed by atoms with Gasteiger partial charge in [0.15, 0.2) is 0 Å². The summed E-state index contributed by atoms with van der Waals surface area (Å²) in [5.41, 5.74) is 5.78. The van der Waals surface area contributed by atoms with E-state index < -0.39 is 35.0 Å². The normalized spacial score (nSPS) is 30.6. The SMILES string of the molecule is Cc1ccc(NN2C(=O)[C@@H]3C[C@@H]4C(=CC[C@@H]5C(=O)N(C6CCCCC6)C(=O)[C@@H]54)[C@H](c4cccc(O)c4)[C@]3(c3ccccc3)C2=O)cc1. The van der Waals surface area contributed by atoms with Gasteiger partial charge in [-0.1, -0.05) is 91.1 Å². The van der Waals surface area contributed by atoms with E-state index in [9.17, 15) is 19.5 Å². The number of likely N-dealkylation sites (tertiary alicyclic amines) is 1. The summed E-state index contributed by atoms with van der Waals surface area (Å²) in [6, 6.07) is 23.8. The van der Waals surface area contributed by atoms with E-state index in [0.29, 0.717) is 23.2 Å². The third-order valence-corrected chi connectivity index (χ3v) is 11.6. The quantitative estimate of drug-likeness (QED) is 0.264. The number of hydrogen-bond acceptors (Lipinski definition) is 6. The van der Waals surface area contributed by atoms with Crippen LogP contribution in [0, 0.1) is 30.6 Å². The van der Waals surface area contributed by atoms with Gasteiger partial charge in [-0.05, 0) is 73.9 Å². The van der Waals surface area contributed by atoms with Gasteiger partial charge in [0.2, 0.25) is 11.8 Å². The molecule has 0 bridgehead atoms. The third kappa shape index (κ3) is 4.40. The van der Waals surface area contributed by atoms with Gasteiger partial charge in [0, 0.05) is 12.0 Å². The summed E-state index contributed by atoms with van der Waals surface area (Å²) in [5.74, 6) is -3.79. The van der Waals surface area contributed by atoms with Crippen LogP contribution in [0.4, 0.5) is 5.69 Å². The molecule has 3 aromatic rings. The Morgan fingerprint density at radius 1 is 0.809 bits per heavy atom. The van der Waals surface area contributed by atoms with E-state index in [4.69, 9.17) is 0 Å². The second-order valence-corrected chi connectivity index (χ2v) is 14.0. The van der Waals surface area contributed by atoms with Gasteiger partial charge in [0.1, 0.15) is 5.75 Å². The second-order valence-electron chi connectivity index (χ2n) is 14.0. The minimum atomic E-state index is -1.34. The molecule has 2 saturated heterocycles. The number of phenolic OH excluding ortho intramolecular Hbond substituents is 1. The number of carbonyl (C=O) groups is 4. The summed E-state index contributed by atoms with van der Waals surface area (Å²) in [5, 5.41) is 11.9. The number of allylic oxidation sites excluding steroid dienone is 2. The maximum Gasteiger partial charge on any atom is 0.260 e. The van der Waals surface area contributed by atoms with Crippen LogP contribution < -0.4 is 5.43 Å². The maximum absolute atomic E-state index is 15.1. The van der Waals surface area contributed by atoms with E-state index in [1.165, 1.54) is 5.01 Å². The van der Waals surface area contributed by atoms with E-state index in [0.717, 1.165) is 43.2 Å². The van der Waals surface area contributed by atoms with Crippen molar-refractivity contribution in [2.45, 2.75) is 69.2 Å². The van der Waals surface area contributed by atoms with Crippen LogP contribution in [0.1, 0.15) is 67.6 Å². The predicted molar refractivity (Wildman–Crippen MR) is 176 cm³/mol. The maximum atomic E-state index is 15.1. The van der Waals surface area contributed by atoms with Crippen molar-refractivity contribution in [2.24, 2.45) is 23.7 Å². The lowest BCUT2D eigenvalue weighted by Gasteiger charge is -2.50. The zero-order valence-electron chi connectivity index (χ0n) is 26.5. The van der Waals surface area contributed by atoms with Crippen molar-refractivity contribution >= 4 is 29.3 Å². The van der Waals surface area contributed by atoms with Crippen LogP contribution in [0.15, 0.2) is 90.5 Å². The van der Waals surface area contributed by atoms with Crippen molar-refractivity contribution < 1.29 is 24.3 Å². The number of fused-ring (bicyclic) bond motifs is 4. The average molecular weight is 630 g/mol.